The van der Waals surface area contributed by atoms with E-state index in [1.54, 1.807) is 0 Å². The zero-order valence-corrected chi connectivity index (χ0v) is 14.1. The van der Waals surface area contributed by atoms with E-state index in [2.05, 4.69) is 21.2 Å². The molecule has 1 N–H and O–H groups in total. The molecule has 0 aliphatic carbocycles. The maximum absolute atomic E-state index is 11.7. The van der Waals surface area contributed by atoms with Crippen molar-refractivity contribution < 1.29 is 23.9 Å². The molecule has 23 heavy (non-hydrogen) atoms. The number of ether oxygens (including phenoxy) is 2. The van der Waals surface area contributed by atoms with Crippen LogP contribution < -0.4 is 10.1 Å². The van der Waals surface area contributed by atoms with E-state index in [-0.39, 0.29) is 18.6 Å². The number of halogens is 1. The third-order valence-corrected chi connectivity index (χ3v) is 3.79. The number of benzene rings is 1. The molecule has 2 rings (SSSR count). The van der Waals surface area contributed by atoms with Gasteiger partial charge < -0.3 is 14.8 Å². The molecule has 0 radical (unpaired) electrons. The molecular weight excluding hydrogens is 366 g/mol. The number of hydrogen-bond donors (Lipinski definition) is 1. The second-order valence-electron chi connectivity index (χ2n) is 5.20. The molecule has 1 aromatic rings. The summed E-state index contributed by atoms with van der Waals surface area (Å²) in [7, 11) is 0. The molecule has 1 amide bonds. The van der Waals surface area contributed by atoms with E-state index >= 15 is 0 Å². The van der Waals surface area contributed by atoms with Crippen LogP contribution in [0.2, 0.25) is 0 Å². The predicted octanol–water partition coefficient (Wildman–Crippen LogP) is 2.00. The summed E-state index contributed by atoms with van der Waals surface area (Å²) in [5.41, 5.74) is 0. The minimum atomic E-state index is -0.616. The molecule has 6 nitrogen and oxygen atoms in total. The van der Waals surface area contributed by atoms with Gasteiger partial charge in [-0.05, 0) is 24.6 Å². The van der Waals surface area contributed by atoms with Crippen molar-refractivity contribution in [2.45, 2.75) is 31.7 Å². The molecule has 0 spiro atoms. The Morgan fingerprint density at radius 2 is 2.22 bits per heavy atom. The smallest absolute Gasteiger partial charge is 0.328 e. The van der Waals surface area contributed by atoms with Crippen molar-refractivity contribution in [1.82, 2.24) is 5.32 Å². The van der Waals surface area contributed by atoms with Crippen LogP contribution in [0.25, 0.3) is 0 Å². The Morgan fingerprint density at radius 3 is 2.91 bits per heavy atom. The highest BCUT2D eigenvalue weighted by Crippen LogP contribution is 2.18. The van der Waals surface area contributed by atoms with Crippen LogP contribution in [0.1, 0.15) is 25.7 Å². The first-order valence-electron chi connectivity index (χ1n) is 7.40. The van der Waals surface area contributed by atoms with Crippen molar-refractivity contribution in [2.24, 2.45) is 0 Å². The number of Topliss-reactive ketones (excluding diaryl/α,β-unsaturated/α-hetero) is 1. The van der Waals surface area contributed by atoms with Crippen molar-refractivity contribution in [3.8, 4) is 5.75 Å². The molecule has 1 atom stereocenters. The van der Waals surface area contributed by atoms with Crippen LogP contribution in [-0.2, 0) is 19.1 Å². The first-order chi connectivity index (χ1) is 11.0. The SMILES string of the molecule is O=C(CCCOc1cccc(Br)c1)CC(=O)N[C@H]1CCOC1=O. The number of carbonyl (C=O) groups excluding carboxylic acids is 3. The van der Waals surface area contributed by atoms with Gasteiger partial charge in [0, 0.05) is 17.3 Å². The second kappa shape index (κ2) is 8.67. The number of cyclic esters (lactones) is 1. The fourth-order valence-corrected chi connectivity index (χ4v) is 2.53. The van der Waals surface area contributed by atoms with Gasteiger partial charge >= 0.3 is 5.97 Å². The third kappa shape index (κ3) is 6.02. The monoisotopic (exact) mass is 383 g/mol. The first-order valence-corrected chi connectivity index (χ1v) is 8.20. The van der Waals surface area contributed by atoms with Crippen LogP contribution >= 0.6 is 15.9 Å². The van der Waals surface area contributed by atoms with Crippen LogP contribution in [0.4, 0.5) is 0 Å². The van der Waals surface area contributed by atoms with E-state index in [4.69, 9.17) is 9.47 Å². The number of nitrogens with one attached hydrogen (secondary N) is 1. The molecule has 1 aliphatic rings. The minimum Gasteiger partial charge on any atom is -0.494 e. The second-order valence-corrected chi connectivity index (χ2v) is 6.12. The van der Waals surface area contributed by atoms with Gasteiger partial charge in [0.15, 0.2) is 0 Å². The maximum Gasteiger partial charge on any atom is 0.328 e. The summed E-state index contributed by atoms with van der Waals surface area (Å²) in [5, 5.41) is 2.51. The largest absolute Gasteiger partial charge is 0.494 e. The van der Waals surface area contributed by atoms with Crippen molar-refractivity contribution in [1.29, 1.82) is 0 Å². The molecule has 1 heterocycles. The number of esters is 1. The number of carbonyl (C=O) groups is 3. The third-order valence-electron chi connectivity index (χ3n) is 3.29. The molecule has 1 saturated heterocycles. The topological polar surface area (TPSA) is 81.7 Å². The maximum atomic E-state index is 11.7. The van der Waals surface area contributed by atoms with Crippen LogP contribution in [0.15, 0.2) is 28.7 Å². The van der Waals surface area contributed by atoms with Gasteiger partial charge in [-0.25, -0.2) is 4.79 Å². The van der Waals surface area contributed by atoms with E-state index < -0.39 is 17.9 Å². The summed E-state index contributed by atoms with van der Waals surface area (Å²) in [5.74, 6) is -0.323. The average molecular weight is 384 g/mol. The van der Waals surface area contributed by atoms with E-state index in [0.29, 0.717) is 26.1 Å². The van der Waals surface area contributed by atoms with Crippen molar-refractivity contribution in [2.75, 3.05) is 13.2 Å². The van der Waals surface area contributed by atoms with Crippen LogP contribution in [-0.4, -0.2) is 36.9 Å². The van der Waals surface area contributed by atoms with Gasteiger partial charge in [0.05, 0.1) is 19.6 Å². The zero-order valence-electron chi connectivity index (χ0n) is 12.5. The van der Waals surface area contributed by atoms with Crippen molar-refractivity contribution >= 4 is 33.6 Å². The van der Waals surface area contributed by atoms with Gasteiger partial charge in [-0.15, -0.1) is 0 Å². The molecule has 0 aromatic heterocycles. The first kappa shape index (κ1) is 17.5. The predicted molar refractivity (Wildman–Crippen MR) is 86.0 cm³/mol. The summed E-state index contributed by atoms with van der Waals surface area (Å²) in [4.78, 5) is 34.6. The Bertz CT molecular complexity index is 590. The lowest BCUT2D eigenvalue weighted by Crippen LogP contribution is -2.38. The summed E-state index contributed by atoms with van der Waals surface area (Å²) in [6.45, 7) is 0.712. The number of hydrogen-bond acceptors (Lipinski definition) is 5. The number of ketones is 1. The lowest BCUT2D eigenvalue weighted by atomic mass is 10.1. The Balaban J connectivity index is 1.61. The summed E-state index contributed by atoms with van der Waals surface area (Å²) in [6, 6.07) is 6.82. The lowest BCUT2D eigenvalue weighted by Gasteiger charge is -2.08. The van der Waals surface area contributed by atoms with Crippen LogP contribution in [0, 0.1) is 0 Å². The van der Waals surface area contributed by atoms with Crippen LogP contribution in [0.5, 0.6) is 5.75 Å². The van der Waals surface area contributed by atoms with Crippen LogP contribution in [0.3, 0.4) is 0 Å². The molecule has 1 aromatic carbocycles. The Morgan fingerprint density at radius 1 is 1.39 bits per heavy atom. The Labute approximate surface area is 142 Å². The highest BCUT2D eigenvalue weighted by molar-refractivity contribution is 9.10. The normalized spacial score (nSPS) is 16.7. The fraction of sp³-hybridized carbons (Fsp3) is 0.438. The lowest BCUT2D eigenvalue weighted by molar-refractivity contribution is -0.142. The van der Waals surface area contributed by atoms with Gasteiger partial charge in [-0.2, -0.15) is 0 Å². The van der Waals surface area contributed by atoms with Gasteiger partial charge in [-0.3, -0.25) is 9.59 Å². The van der Waals surface area contributed by atoms with E-state index in [1.165, 1.54) is 0 Å². The summed E-state index contributed by atoms with van der Waals surface area (Å²) >= 11 is 3.35. The average Bonchev–Trinajstić information content (AvgIpc) is 2.89. The highest BCUT2D eigenvalue weighted by atomic mass is 79.9. The van der Waals surface area contributed by atoms with Gasteiger partial charge in [0.1, 0.15) is 17.6 Å². The fourth-order valence-electron chi connectivity index (χ4n) is 2.16. The van der Waals surface area contributed by atoms with Crippen molar-refractivity contribution in [3.63, 3.8) is 0 Å². The Hall–Kier alpha value is -1.89. The Kier molecular flexibility index (Phi) is 6.58. The minimum absolute atomic E-state index is 0.174. The molecule has 7 heteroatoms. The van der Waals surface area contributed by atoms with Gasteiger partial charge in [0.25, 0.3) is 0 Å². The summed E-state index contributed by atoms with van der Waals surface area (Å²) < 4.78 is 11.2. The highest BCUT2D eigenvalue weighted by Gasteiger charge is 2.28. The molecule has 0 unspecified atom stereocenters. The van der Waals surface area contributed by atoms with E-state index in [1.807, 2.05) is 24.3 Å². The van der Waals surface area contributed by atoms with Gasteiger partial charge in [0.2, 0.25) is 5.91 Å². The molecule has 0 bridgehead atoms. The molecule has 1 fully saturated rings. The zero-order chi connectivity index (χ0) is 16.7. The van der Waals surface area contributed by atoms with E-state index in [9.17, 15) is 14.4 Å². The summed E-state index contributed by atoms with van der Waals surface area (Å²) in [6.07, 6.45) is 1.03. The molecular formula is C16H18BrNO5. The molecule has 1 aliphatic heterocycles. The quantitative estimate of drug-likeness (QED) is 0.421. The molecule has 0 saturated carbocycles. The number of rotatable bonds is 8. The van der Waals surface area contributed by atoms with Crippen molar-refractivity contribution in [3.05, 3.63) is 28.7 Å². The van der Waals surface area contributed by atoms with E-state index in [0.717, 1.165) is 10.2 Å². The van der Waals surface area contributed by atoms with Gasteiger partial charge in [-0.1, -0.05) is 22.0 Å². The number of amides is 1. The standard InChI is InChI=1S/C16H18BrNO5/c17-11-3-1-5-13(9-11)22-7-2-4-12(19)10-15(20)18-14-6-8-23-16(14)21/h1,3,5,9,14H,2,4,6-8,10H2,(H,18,20)/t14-/m0/s1. The molecule has 124 valence electrons.